The number of aromatic nitrogens is 2. The van der Waals surface area contributed by atoms with E-state index < -0.39 is 5.97 Å². The van der Waals surface area contributed by atoms with Crippen LogP contribution >= 0.6 is 15.9 Å². The normalized spacial score (nSPS) is 10.3. The maximum atomic E-state index is 11.9. The first-order valence-corrected chi connectivity index (χ1v) is 8.44. The summed E-state index contributed by atoms with van der Waals surface area (Å²) in [7, 11) is 1.29. The van der Waals surface area contributed by atoms with Gasteiger partial charge in [0.05, 0.1) is 17.8 Å². The van der Waals surface area contributed by atoms with Crippen molar-refractivity contribution in [1.29, 1.82) is 0 Å². The average Bonchev–Trinajstić information content (AvgIpc) is 2.67. The molecule has 1 heterocycles. The number of carbonyl (C=O) groups excluding carboxylic acids is 1. The molecule has 0 saturated carbocycles. The molecular weight excluding hydrogens is 418 g/mol. The molecule has 1 aromatic heterocycles. The maximum absolute atomic E-state index is 11.9. The van der Waals surface area contributed by atoms with Crippen molar-refractivity contribution in [2.24, 2.45) is 0 Å². The Morgan fingerprint density at radius 3 is 2.67 bits per heavy atom. The Kier molecular flexibility index (Phi) is 5.41. The summed E-state index contributed by atoms with van der Waals surface area (Å²) in [6.45, 7) is 0. The van der Waals surface area contributed by atoms with Gasteiger partial charge in [-0.15, -0.1) is 0 Å². The number of benzene rings is 2. The summed E-state index contributed by atoms with van der Waals surface area (Å²) in [5.41, 5.74) is 0.719. The van der Waals surface area contributed by atoms with Crippen molar-refractivity contribution in [3.63, 3.8) is 0 Å². The Hall–Kier alpha value is -3.33. The summed E-state index contributed by atoms with van der Waals surface area (Å²) < 4.78 is 11.0. The van der Waals surface area contributed by atoms with E-state index in [2.05, 4.69) is 31.2 Å². The summed E-state index contributed by atoms with van der Waals surface area (Å²) in [5.74, 6) is -0.410. The van der Waals surface area contributed by atoms with E-state index in [0.717, 1.165) is 0 Å². The summed E-state index contributed by atoms with van der Waals surface area (Å²) in [6.07, 6.45) is 1.48. The number of aromatic hydroxyl groups is 2. The predicted octanol–water partition coefficient (Wildman–Crippen LogP) is 3.97. The van der Waals surface area contributed by atoms with Crippen LogP contribution in [0.5, 0.6) is 23.1 Å². The highest BCUT2D eigenvalue weighted by Crippen LogP contribution is 2.32. The minimum absolute atomic E-state index is 0.173. The molecule has 2 aromatic carbocycles. The van der Waals surface area contributed by atoms with E-state index in [0.29, 0.717) is 10.2 Å². The highest BCUT2D eigenvalue weighted by Gasteiger charge is 2.15. The van der Waals surface area contributed by atoms with Gasteiger partial charge in [-0.25, -0.2) is 9.78 Å². The number of hydrogen-bond donors (Lipinski definition) is 3. The van der Waals surface area contributed by atoms with E-state index in [4.69, 9.17) is 9.47 Å². The van der Waals surface area contributed by atoms with Gasteiger partial charge in [-0.1, -0.05) is 12.1 Å². The van der Waals surface area contributed by atoms with Crippen LogP contribution in [0.1, 0.15) is 10.4 Å². The van der Waals surface area contributed by atoms with Crippen LogP contribution in [-0.4, -0.2) is 33.3 Å². The first kappa shape index (κ1) is 18.5. The van der Waals surface area contributed by atoms with E-state index in [-0.39, 0.29) is 34.6 Å². The van der Waals surface area contributed by atoms with Crippen molar-refractivity contribution in [3.05, 3.63) is 58.7 Å². The number of ether oxygens (including phenoxy) is 2. The van der Waals surface area contributed by atoms with Gasteiger partial charge in [0.1, 0.15) is 11.3 Å². The molecule has 0 aliphatic carbocycles. The van der Waals surface area contributed by atoms with Crippen LogP contribution in [-0.2, 0) is 4.74 Å². The molecule has 0 radical (unpaired) electrons. The van der Waals surface area contributed by atoms with Crippen LogP contribution in [0.3, 0.4) is 0 Å². The van der Waals surface area contributed by atoms with Gasteiger partial charge in [-0.2, -0.15) is 4.98 Å². The van der Waals surface area contributed by atoms with E-state index in [1.165, 1.54) is 25.4 Å². The number of hydrogen-bond acceptors (Lipinski definition) is 8. The molecule has 0 unspecified atom stereocenters. The van der Waals surface area contributed by atoms with Crippen molar-refractivity contribution in [2.75, 3.05) is 12.4 Å². The number of phenols is 2. The fourth-order valence-corrected chi connectivity index (χ4v) is 2.42. The zero-order chi connectivity index (χ0) is 19.4. The standard InChI is InChI=1S/C18H14BrN3O5/c1-26-17(25)11-4-2-3-5-15(11)27-16-12(19)9-20-18(22-16)21-10-6-7-13(23)14(24)8-10/h2-9,23-24H,1H3,(H,20,21,22). The molecule has 0 aliphatic heterocycles. The number of halogens is 1. The number of nitrogens with one attached hydrogen (secondary N) is 1. The number of carbonyl (C=O) groups is 1. The molecule has 0 spiro atoms. The quantitative estimate of drug-likeness (QED) is 0.315. The minimum atomic E-state index is -0.534. The lowest BCUT2D eigenvalue weighted by atomic mass is 10.2. The monoisotopic (exact) mass is 431 g/mol. The SMILES string of the molecule is COC(=O)c1ccccc1Oc1nc(Nc2ccc(O)c(O)c2)ncc1Br. The predicted molar refractivity (Wildman–Crippen MR) is 101 cm³/mol. The van der Waals surface area contributed by atoms with Crippen molar-refractivity contribution in [3.8, 4) is 23.1 Å². The van der Waals surface area contributed by atoms with Crippen LogP contribution in [0, 0.1) is 0 Å². The summed E-state index contributed by atoms with van der Waals surface area (Å²) in [5, 5.41) is 21.8. The van der Waals surface area contributed by atoms with Gasteiger partial charge in [0, 0.05) is 11.8 Å². The molecule has 0 atom stereocenters. The molecule has 9 heteroatoms. The number of esters is 1. The Morgan fingerprint density at radius 2 is 1.93 bits per heavy atom. The van der Waals surface area contributed by atoms with Crippen LogP contribution in [0.4, 0.5) is 11.6 Å². The molecule has 8 nitrogen and oxygen atoms in total. The van der Waals surface area contributed by atoms with Crippen LogP contribution in [0.25, 0.3) is 0 Å². The highest BCUT2D eigenvalue weighted by molar-refractivity contribution is 9.10. The van der Waals surface area contributed by atoms with Gasteiger partial charge in [0.25, 0.3) is 0 Å². The largest absolute Gasteiger partial charge is 0.504 e. The third-order valence-electron chi connectivity index (χ3n) is 3.44. The number of rotatable bonds is 5. The van der Waals surface area contributed by atoms with Crippen LogP contribution < -0.4 is 10.1 Å². The van der Waals surface area contributed by atoms with Gasteiger partial charge in [-0.3, -0.25) is 0 Å². The molecule has 0 saturated heterocycles. The Bertz CT molecular complexity index is 996. The smallest absolute Gasteiger partial charge is 0.341 e. The molecule has 27 heavy (non-hydrogen) atoms. The second-order valence-electron chi connectivity index (χ2n) is 5.26. The maximum Gasteiger partial charge on any atom is 0.341 e. The second-order valence-corrected chi connectivity index (χ2v) is 6.12. The summed E-state index contributed by atoms with van der Waals surface area (Å²) in [4.78, 5) is 20.2. The van der Waals surface area contributed by atoms with E-state index in [1.54, 1.807) is 30.3 Å². The molecule has 0 fully saturated rings. The number of anilines is 2. The first-order valence-electron chi connectivity index (χ1n) is 7.64. The Balaban J connectivity index is 1.88. The lowest BCUT2D eigenvalue weighted by molar-refractivity contribution is 0.0598. The Labute approximate surface area is 162 Å². The van der Waals surface area contributed by atoms with Crippen molar-refractivity contribution < 1.29 is 24.5 Å². The Morgan fingerprint density at radius 1 is 1.15 bits per heavy atom. The van der Waals surface area contributed by atoms with Crippen LogP contribution in [0.2, 0.25) is 0 Å². The molecule has 0 amide bonds. The van der Waals surface area contributed by atoms with E-state index in [9.17, 15) is 15.0 Å². The van der Waals surface area contributed by atoms with Gasteiger partial charge < -0.3 is 25.0 Å². The number of nitrogens with zero attached hydrogens (tertiary/aromatic N) is 2. The van der Waals surface area contributed by atoms with Gasteiger partial charge in [-0.05, 0) is 40.2 Å². The van der Waals surface area contributed by atoms with E-state index in [1.807, 2.05) is 0 Å². The topological polar surface area (TPSA) is 114 Å². The molecule has 3 N–H and O–H groups in total. The first-order chi connectivity index (χ1) is 13.0. The third kappa shape index (κ3) is 4.26. The minimum Gasteiger partial charge on any atom is -0.504 e. The van der Waals surface area contributed by atoms with Crippen molar-refractivity contribution in [2.45, 2.75) is 0 Å². The zero-order valence-corrected chi connectivity index (χ0v) is 15.6. The second kappa shape index (κ2) is 7.92. The van der Waals surface area contributed by atoms with Gasteiger partial charge >= 0.3 is 5.97 Å². The fraction of sp³-hybridized carbons (Fsp3) is 0.0556. The number of methoxy groups -OCH3 is 1. The molecule has 138 valence electrons. The number of phenolic OH excluding ortho intramolecular Hbond substituents is 2. The molecule has 3 aromatic rings. The summed E-state index contributed by atoms with van der Waals surface area (Å²) in [6, 6.07) is 10.8. The third-order valence-corrected chi connectivity index (χ3v) is 3.99. The lowest BCUT2D eigenvalue weighted by Crippen LogP contribution is -2.05. The lowest BCUT2D eigenvalue weighted by Gasteiger charge is -2.12. The molecule has 0 bridgehead atoms. The molecule has 3 rings (SSSR count). The van der Waals surface area contributed by atoms with Crippen molar-refractivity contribution >= 4 is 33.5 Å². The van der Waals surface area contributed by atoms with Crippen molar-refractivity contribution in [1.82, 2.24) is 9.97 Å². The fourth-order valence-electron chi connectivity index (χ4n) is 2.15. The number of para-hydroxylation sites is 1. The highest BCUT2D eigenvalue weighted by atomic mass is 79.9. The summed E-state index contributed by atoms with van der Waals surface area (Å²) >= 11 is 3.31. The van der Waals surface area contributed by atoms with Gasteiger partial charge in [0.15, 0.2) is 11.5 Å². The van der Waals surface area contributed by atoms with Gasteiger partial charge in [0.2, 0.25) is 11.8 Å². The molecule has 0 aliphatic rings. The van der Waals surface area contributed by atoms with E-state index >= 15 is 0 Å². The van der Waals surface area contributed by atoms with Crippen LogP contribution in [0.15, 0.2) is 53.1 Å². The zero-order valence-electron chi connectivity index (χ0n) is 14.0. The molecular formula is C18H14BrN3O5. The average molecular weight is 432 g/mol.